The molecule has 0 unspecified atom stereocenters. The van der Waals surface area contributed by atoms with Gasteiger partial charge in [-0.15, -0.1) is 0 Å². The number of allylic oxidation sites excluding steroid dienone is 2. The first kappa shape index (κ1) is 22.1. The zero-order chi connectivity index (χ0) is 22.6. The predicted molar refractivity (Wildman–Crippen MR) is 116 cm³/mol. The summed E-state index contributed by atoms with van der Waals surface area (Å²) in [6.45, 7) is 0.522. The van der Waals surface area contributed by atoms with E-state index >= 15 is 0 Å². The number of para-hydroxylation sites is 1. The van der Waals surface area contributed by atoms with E-state index in [9.17, 15) is 28.6 Å². The summed E-state index contributed by atoms with van der Waals surface area (Å²) in [7, 11) is -3.99. The summed E-state index contributed by atoms with van der Waals surface area (Å²) in [5.41, 5.74) is 1.87. The maximum atomic E-state index is 11.4. The number of nitro groups is 2. The van der Waals surface area contributed by atoms with E-state index in [4.69, 9.17) is 4.55 Å². The van der Waals surface area contributed by atoms with E-state index in [2.05, 4.69) is 0 Å². The Kier molecular flexibility index (Phi) is 6.47. The van der Waals surface area contributed by atoms with Crippen LogP contribution in [0.4, 0.5) is 17.1 Å². The van der Waals surface area contributed by atoms with Crippen molar-refractivity contribution in [2.75, 3.05) is 17.2 Å². The van der Waals surface area contributed by atoms with Gasteiger partial charge in [-0.25, -0.2) is 0 Å². The highest BCUT2D eigenvalue weighted by Gasteiger charge is 2.21. The van der Waals surface area contributed by atoms with Gasteiger partial charge in [0.25, 0.3) is 21.5 Å². The number of non-ortho nitro benzene ring substituents is 1. The van der Waals surface area contributed by atoms with E-state index in [0.29, 0.717) is 25.0 Å². The molecule has 0 amide bonds. The molecule has 1 aliphatic heterocycles. The summed E-state index contributed by atoms with van der Waals surface area (Å²) in [5.74, 6) is -0.304. The number of hydrogen-bond donors (Lipinski definition) is 1. The Morgan fingerprint density at radius 2 is 1.77 bits per heavy atom. The van der Waals surface area contributed by atoms with Crippen LogP contribution in [-0.2, 0) is 10.1 Å². The molecule has 1 N–H and O–H groups in total. The fourth-order valence-electron chi connectivity index (χ4n) is 3.29. The number of nitro benzene ring substituents is 2. The quantitative estimate of drug-likeness (QED) is 0.277. The highest BCUT2D eigenvalue weighted by atomic mass is 32.2. The molecule has 2 aromatic rings. The van der Waals surface area contributed by atoms with E-state index in [1.165, 1.54) is 12.1 Å². The molecule has 1 aliphatic rings. The van der Waals surface area contributed by atoms with Gasteiger partial charge in [-0.05, 0) is 42.7 Å². The standard InChI is InChI=1S/C20H19N3O7S/c24-22(25)17-8-7-16(20(14-17)23(26)27)13-15-9-11-21(10-3-4-12-31(28,29)30)19-6-2-1-5-18(15)19/h1-2,5-9,11,13-14H,3-4,10,12H2,(H,28,29,30). The first-order valence-corrected chi connectivity index (χ1v) is 10.9. The molecule has 31 heavy (non-hydrogen) atoms. The molecule has 3 rings (SSSR count). The molecule has 0 radical (unpaired) electrons. The summed E-state index contributed by atoms with van der Waals surface area (Å²) < 4.78 is 30.6. The first-order chi connectivity index (χ1) is 14.7. The van der Waals surface area contributed by atoms with E-state index in [-0.39, 0.29) is 22.7 Å². The molecule has 0 aromatic heterocycles. The van der Waals surface area contributed by atoms with Gasteiger partial charge < -0.3 is 4.90 Å². The SMILES string of the molecule is O=[N+]([O-])c1ccc(C=C2C=CN(CCCCS(=O)(=O)O)c3ccccc32)c([N+](=O)[O-])c1. The summed E-state index contributed by atoms with van der Waals surface area (Å²) in [5, 5.41) is 22.4. The van der Waals surface area contributed by atoms with Crippen molar-refractivity contribution in [1.82, 2.24) is 0 Å². The van der Waals surface area contributed by atoms with Gasteiger partial charge in [-0.3, -0.25) is 24.8 Å². The zero-order valence-electron chi connectivity index (χ0n) is 16.2. The third-order valence-electron chi connectivity index (χ3n) is 4.74. The molecule has 0 saturated heterocycles. The Labute approximate surface area is 178 Å². The molecular formula is C20H19N3O7S. The maximum absolute atomic E-state index is 11.4. The van der Waals surface area contributed by atoms with Crippen LogP contribution in [0.5, 0.6) is 0 Å². The molecule has 0 atom stereocenters. The fourth-order valence-corrected chi connectivity index (χ4v) is 3.86. The van der Waals surface area contributed by atoms with Gasteiger partial charge in [0.2, 0.25) is 0 Å². The minimum absolute atomic E-state index is 0.242. The predicted octanol–water partition coefficient (Wildman–Crippen LogP) is 4.05. The van der Waals surface area contributed by atoms with Crippen LogP contribution in [0.2, 0.25) is 0 Å². The molecule has 10 nitrogen and oxygen atoms in total. The van der Waals surface area contributed by atoms with Crippen LogP contribution >= 0.6 is 0 Å². The second kappa shape index (κ2) is 9.06. The number of anilines is 1. The molecule has 11 heteroatoms. The van der Waals surface area contributed by atoms with Crippen molar-refractivity contribution in [2.24, 2.45) is 0 Å². The van der Waals surface area contributed by atoms with Crippen molar-refractivity contribution in [3.05, 3.63) is 86.1 Å². The van der Waals surface area contributed by atoms with Crippen molar-refractivity contribution < 1.29 is 22.8 Å². The molecule has 0 aliphatic carbocycles. The minimum atomic E-state index is -3.99. The largest absolute Gasteiger partial charge is 0.347 e. The lowest BCUT2D eigenvalue weighted by Crippen LogP contribution is -2.21. The maximum Gasteiger partial charge on any atom is 0.283 e. The lowest BCUT2D eigenvalue weighted by atomic mass is 9.97. The van der Waals surface area contributed by atoms with Crippen LogP contribution in [-0.4, -0.2) is 35.1 Å². The Balaban J connectivity index is 1.90. The number of fused-ring (bicyclic) bond motifs is 1. The molecule has 0 bridgehead atoms. The summed E-state index contributed by atoms with van der Waals surface area (Å²) in [6.07, 6.45) is 6.01. The molecule has 0 spiro atoms. The molecule has 0 saturated carbocycles. The number of rotatable bonds is 8. The highest BCUT2D eigenvalue weighted by Crippen LogP contribution is 2.36. The van der Waals surface area contributed by atoms with Gasteiger partial charge in [-0.2, -0.15) is 8.42 Å². The van der Waals surface area contributed by atoms with Crippen molar-refractivity contribution in [2.45, 2.75) is 12.8 Å². The van der Waals surface area contributed by atoms with Crippen LogP contribution < -0.4 is 4.90 Å². The van der Waals surface area contributed by atoms with E-state index in [1.54, 1.807) is 18.4 Å². The fraction of sp³-hybridized carbons (Fsp3) is 0.200. The Hall–Kier alpha value is -3.57. The van der Waals surface area contributed by atoms with E-state index < -0.39 is 20.0 Å². The molecule has 0 fully saturated rings. The topological polar surface area (TPSA) is 144 Å². The number of hydrogen-bond acceptors (Lipinski definition) is 7. The first-order valence-electron chi connectivity index (χ1n) is 9.29. The number of unbranched alkanes of at least 4 members (excludes halogenated alkanes) is 1. The third-order valence-corrected chi connectivity index (χ3v) is 5.55. The van der Waals surface area contributed by atoms with Gasteiger partial charge in [0.1, 0.15) is 0 Å². The monoisotopic (exact) mass is 445 g/mol. The average molecular weight is 445 g/mol. The number of nitrogens with zero attached hydrogens (tertiary/aromatic N) is 3. The van der Waals surface area contributed by atoms with Crippen LogP contribution in [0, 0.1) is 20.2 Å². The van der Waals surface area contributed by atoms with Crippen molar-refractivity contribution in [3.63, 3.8) is 0 Å². The molecule has 1 heterocycles. The summed E-state index contributed by atoms with van der Waals surface area (Å²) in [4.78, 5) is 23.0. The lowest BCUT2D eigenvalue weighted by Gasteiger charge is -2.27. The smallest absolute Gasteiger partial charge is 0.283 e. The van der Waals surface area contributed by atoms with Crippen LogP contribution in [0.1, 0.15) is 24.0 Å². The van der Waals surface area contributed by atoms with Crippen LogP contribution in [0.15, 0.2) is 54.7 Å². The zero-order valence-corrected chi connectivity index (χ0v) is 17.1. The normalized spacial score (nSPS) is 14.5. The van der Waals surface area contributed by atoms with Crippen molar-refractivity contribution in [1.29, 1.82) is 0 Å². The van der Waals surface area contributed by atoms with Gasteiger partial charge in [0.15, 0.2) is 0 Å². The summed E-state index contributed by atoms with van der Waals surface area (Å²) >= 11 is 0. The lowest BCUT2D eigenvalue weighted by molar-refractivity contribution is -0.394. The van der Waals surface area contributed by atoms with Crippen LogP contribution in [0.3, 0.4) is 0 Å². The Bertz CT molecular complexity index is 1190. The third kappa shape index (κ3) is 5.53. The second-order valence-corrected chi connectivity index (χ2v) is 8.45. The van der Waals surface area contributed by atoms with E-state index in [0.717, 1.165) is 17.3 Å². The van der Waals surface area contributed by atoms with Gasteiger partial charge >= 0.3 is 0 Å². The average Bonchev–Trinajstić information content (AvgIpc) is 2.71. The van der Waals surface area contributed by atoms with Gasteiger partial charge in [-0.1, -0.05) is 18.2 Å². The van der Waals surface area contributed by atoms with E-state index in [1.807, 2.05) is 29.2 Å². The second-order valence-electron chi connectivity index (χ2n) is 6.88. The molecular weight excluding hydrogens is 426 g/mol. The van der Waals surface area contributed by atoms with Gasteiger partial charge in [0.05, 0.1) is 27.2 Å². The highest BCUT2D eigenvalue weighted by molar-refractivity contribution is 7.85. The summed E-state index contributed by atoms with van der Waals surface area (Å²) in [6, 6.07) is 10.9. The van der Waals surface area contributed by atoms with Crippen molar-refractivity contribution >= 4 is 38.8 Å². The Morgan fingerprint density at radius 3 is 2.45 bits per heavy atom. The molecule has 162 valence electrons. The Morgan fingerprint density at radius 1 is 1.03 bits per heavy atom. The molecule has 2 aromatic carbocycles. The van der Waals surface area contributed by atoms with Crippen LogP contribution in [0.25, 0.3) is 11.6 Å². The van der Waals surface area contributed by atoms with Gasteiger partial charge in [0, 0.05) is 30.1 Å². The number of benzene rings is 2. The van der Waals surface area contributed by atoms with Crippen molar-refractivity contribution in [3.8, 4) is 0 Å². The minimum Gasteiger partial charge on any atom is -0.347 e.